The number of thioether (sulfide) groups is 1. The number of carbonyl (C=O) groups is 2. The normalized spacial score (nSPS) is 15.4. The minimum absolute atomic E-state index is 0.113. The van der Waals surface area contributed by atoms with Crippen molar-refractivity contribution in [3.63, 3.8) is 0 Å². The Labute approximate surface area is 200 Å². The van der Waals surface area contributed by atoms with Crippen LogP contribution in [0.25, 0.3) is 5.69 Å². The number of hydrogen-bond acceptors (Lipinski definition) is 6. The van der Waals surface area contributed by atoms with Gasteiger partial charge in [-0.1, -0.05) is 23.7 Å². The molecule has 0 spiro atoms. The first-order valence-electron chi connectivity index (χ1n) is 10.3. The van der Waals surface area contributed by atoms with E-state index in [-0.39, 0.29) is 23.5 Å². The fraction of sp³-hybridized carbons (Fsp3) is 0.261. The average Bonchev–Trinajstić information content (AvgIpc) is 2.98. The second kappa shape index (κ2) is 9.76. The number of nitrogens with zero attached hydrogens (tertiary/aromatic N) is 2. The average molecular weight is 487 g/mol. The zero-order valence-electron chi connectivity index (χ0n) is 18.1. The Kier molecular flexibility index (Phi) is 6.80. The zero-order chi connectivity index (χ0) is 23.5. The lowest BCUT2D eigenvalue weighted by Crippen LogP contribution is -2.20. The maximum atomic E-state index is 12.6. The number of carbonyl (C=O) groups excluding carboxylic acids is 2. The number of anilines is 1. The van der Waals surface area contributed by atoms with E-state index in [0.29, 0.717) is 28.9 Å². The number of nitrogens with two attached hydrogens (primary N) is 1. The number of rotatable bonds is 7. The van der Waals surface area contributed by atoms with Gasteiger partial charge in [-0.3, -0.25) is 9.59 Å². The van der Waals surface area contributed by atoms with Crippen molar-refractivity contribution in [1.82, 2.24) is 9.78 Å². The molecule has 33 heavy (non-hydrogen) atoms. The van der Waals surface area contributed by atoms with Crippen LogP contribution < -0.4 is 20.5 Å². The van der Waals surface area contributed by atoms with Crippen molar-refractivity contribution in [1.29, 1.82) is 0 Å². The van der Waals surface area contributed by atoms with Crippen molar-refractivity contribution in [2.75, 3.05) is 24.3 Å². The minimum Gasteiger partial charge on any atom is -0.490 e. The molecule has 4 rings (SSSR count). The summed E-state index contributed by atoms with van der Waals surface area (Å²) in [6.07, 6.45) is 0. The fourth-order valence-electron chi connectivity index (χ4n) is 3.67. The largest absolute Gasteiger partial charge is 0.490 e. The van der Waals surface area contributed by atoms with E-state index in [1.54, 1.807) is 22.9 Å². The van der Waals surface area contributed by atoms with Crippen LogP contribution in [0.15, 0.2) is 42.5 Å². The van der Waals surface area contributed by atoms with Gasteiger partial charge in [-0.05, 0) is 49.7 Å². The smallest absolute Gasteiger partial charge is 0.255 e. The third-order valence-corrected chi connectivity index (χ3v) is 6.51. The number of halogens is 1. The standard InChI is InChI=1S/C23H23ClN4O4S/c1-3-31-18-9-14(7-8-17(18)32-11-19(25)29)22-21-13(2)27-28(16-6-4-5-15(24)10-16)23(21)26-20(30)12-33-22/h4-10,22H,3,11-12H2,1-2H3,(H2,25,29)(H,26,30)/t22-/m1/s1. The van der Waals surface area contributed by atoms with Crippen molar-refractivity contribution in [3.05, 3.63) is 64.3 Å². The summed E-state index contributed by atoms with van der Waals surface area (Å²) in [6, 6.07) is 12.8. The van der Waals surface area contributed by atoms with E-state index in [1.807, 2.05) is 38.1 Å². The Morgan fingerprint density at radius 1 is 1.27 bits per heavy atom. The molecule has 2 heterocycles. The molecule has 0 saturated carbocycles. The van der Waals surface area contributed by atoms with Crippen LogP contribution in [-0.2, 0) is 9.59 Å². The van der Waals surface area contributed by atoms with E-state index in [1.165, 1.54) is 11.8 Å². The van der Waals surface area contributed by atoms with Gasteiger partial charge in [0.15, 0.2) is 18.1 Å². The summed E-state index contributed by atoms with van der Waals surface area (Å²) >= 11 is 7.69. The van der Waals surface area contributed by atoms with Crippen LogP contribution in [0.3, 0.4) is 0 Å². The summed E-state index contributed by atoms with van der Waals surface area (Å²) in [5.74, 6) is 1.14. The maximum absolute atomic E-state index is 12.6. The summed E-state index contributed by atoms with van der Waals surface area (Å²) in [7, 11) is 0. The first kappa shape index (κ1) is 23.0. The summed E-state index contributed by atoms with van der Waals surface area (Å²) in [5, 5.41) is 8.10. The second-order valence-corrected chi connectivity index (χ2v) is 8.90. The minimum atomic E-state index is -0.570. The molecule has 3 aromatic rings. The highest BCUT2D eigenvalue weighted by Gasteiger charge is 2.31. The Bertz CT molecular complexity index is 1210. The van der Waals surface area contributed by atoms with Gasteiger partial charge in [0.25, 0.3) is 5.91 Å². The Hall–Kier alpha value is -3.17. The molecule has 1 aliphatic heterocycles. The Balaban J connectivity index is 1.79. The zero-order valence-corrected chi connectivity index (χ0v) is 19.7. The quantitative estimate of drug-likeness (QED) is 0.524. The van der Waals surface area contributed by atoms with Gasteiger partial charge in [-0.2, -0.15) is 5.10 Å². The van der Waals surface area contributed by atoms with Crippen molar-refractivity contribution < 1.29 is 19.1 Å². The molecule has 8 nitrogen and oxygen atoms in total. The van der Waals surface area contributed by atoms with Crippen LogP contribution in [-0.4, -0.2) is 40.6 Å². The molecular weight excluding hydrogens is 464 g/mol. The lowest BCUT2D eigenvalue weighted by Gasteiger charge is -2.18. The van der Waals surface area contributed by atoms with Gasteiger partial charge >= 0.3 is 0 Å². The molecular formula is C23H23ClN4O4S. The lowest BCUT2D eigenvalue weighted by atomic mass is 10.0. The molecule has 1 atom stereocenters. The van der Waals surface area contributed by atoms with Gasteiger partial charge in [0.1, 0.15) is 5.82 Å². The number of aromatic nitrogens is 2. The SMILES string of the molecule is CCOc1cc([C@H]2SCC(=O)Nc3c2c(C)nn3-c2cccc(Cl)c2)ccc1OCC(N)=O. The molecule has 0 radical (unpaired) electrons. The number of primary amides is 1. The molecule has 2 amide bonds. The van der Waals surface area contributed by atoms with Crippen LogP contribution in [0.2, 0.25) is 5.02 Å². The predicted octanol–water partition coefficient (Wildman–Crippen LogP) is 3.87. The Morgan fingerprint density at radius 2 is 2.09 bits per heavy atom. The predicted molar refractivity (Wildman–Crippen MR) is 129 cm³/mol. The lowest BCUT2D eigenvalue weighted by molar-refractivity contribution is -0.120. The summed E-state index contributed by atoms with van der Waals surface area (Å²) in [4.78, 5) is 23.7. The highest BCUT2D eigenvalue weighted by Crippen LogP contribution is 2.45. The highest BCUT2D eigenvalue weighted by atomic mass is 35.5. The summed E-state index contributed by atoms with van der Waals surface area (Å²) in [6.45, 7) is 3.96. The molecule has 10 heteroatoms. The highest BCUT2D eigenvalue weighted by molar-refractivity contribution is 8.00. The number of aryl methyl sites for hydroxylation is 1. The van der Waals surface area contributed by atoms with Gasteiger partial charge in [-0.15, -0.1) is 11.8 Å². The molecule has 2 aromatic carbocycles. The van der Waals surface area contributed by atoms with Crippen molar-refractivity contribution in [2.24, 2.45) is 5.73 Å². The third-order valence-electron chi connectivity index (χ3n) is 5.00. The number of amides is 2. The molecule has 172 valence electrons. The molecule has 0 saturated heterocycles. The number of ether oxygens (including phenoxy) is 2. The first-order chi connectivity index (χ1) is 15.9. The van der Waals surface area contributed by atoms with E-state index in [9.17, 15) is 9.59 Å². The second-order valence-electron chi connectivity index (χ2n) is 7.37. The van der Waals surface area contributed by atoms with Gasteiger partial charge in [0, 0.05) is 10.6 Å². The number of benzene rings is 2. The monoisotopic (exact) mass is 486 g/mol. The fourth-order valence-corrected chi connectivity index (χ4v) is 5.03. The molecule has 0 bridgehead atoms. The van der Waals surface area contributed by atoms with Crippen LogP contribution in [0, 0.1) is 6.92 Å². The molecule has 0 aliphatic carbocycles. The third kappa shape index (κ3) is 4.94. The van der Waals surface area contributed by atoms with E-state index in [2.05, 4.69) is 5.32 Å². The Morgan fingerprint density at radius 3 is 2.82 bits per heavy atom. The summed E-state index contributed by atoms with van der Waals surface area (Å²) < 4.78 is 13.0. The molecule has 3 N–H and O–H groups in total. The van der Waals surface area contributed by atoms with Gasteiger partial charge in [-0.25, -0.2) is 4.68 Å². The first-order valence-corrected chi connectivity index (χ1v) is 11.7. The van der Waals surface area contributed by atoms with Crippen molar-refractivity contribution >= 4 is 41.0 Å². The van der Waals surface area contributed by atoms with Crippen LogP contribution in [0.5, 0.6) is 11.5 Å². The topological polar surface area (TPSA) is 108 Å². The van der Waals surface area contributed by atoms with Crippen LogP contribution >= 0.6 is 23.4 Å². The number of hydrogen-bond donors (Lipinski definition) is 2. The van der Waals surface area contributed by atoms with E-state index in [0.717, 1.165) is 22.5 Å². The van der Waals surface area contributed by atoms with Crippen molar-refractivity contribution in [2.45, 2.75) is 19.1 Å². The molecule has 0 fully saturated rings. The van der Waals surface area contributed by atoms with E-state index >= 15 is 0 Å². The van der Waals surface area contributed by atoms with E-state index < -0.39 is 5.91 Å². The van der Waals surface area contributed by atoms with Crippen LogP contribution in [0.4, 0.5) is 5.82 Å². The van der Waals surface area contributed by atoms with Gasteiger partial charge in [0.05, 0.1) is 29.0 Å². The molecule has 1 aromatic heterocycles. The molecule has 0 unspecified atom stereocenters. The van der Waals surface area contributed by atoms with Gasteiger partial charge < -0.3 is 20.5 Å². The van der Waals surface area contributed by atoms with Crippen molar-refractivity contribution in [3.8, 4) is 17.2 Å². The number of nitrogens with one attached hydrogen (secondary N) is 1. The maximum Gasteiger partial charge on any atom is 0.255 e. The van der Waals surface area contributed by atoms with Crippen LogP contribution in [0.1, 0.15) is 29.0 Å². The molecule has 1 aliphatic rings. The summed E-state index contributed by atoms with van der Waals surface area (Å²) in [5.41, 5.74) is 8.57. The van der Waals surface area contributed by atoms with Gasteiger partial charge in [0.2, 0.25) is 5.91 Å². The van der Waals surface area contributed by atoms with E-state index in [4.69, 9.17) is 31.9 Å². The number of fused-ring (bicyclic) bond motifs is 1.